The van der Waals surface area contributed by atoms with E-state index in [-0.39, 0.29) is 23.2 Å². The van der Waals surface area contributed by atoms with Gasteiger partial charge in [-0.3, -0.25) is 0 Å². The van der Waals surface area contributed by atoms with Gasteiger partial charge in [-0.25, -0.2) is 0 Å². The van der Waals surface area contributed by atoms with Crippen LogP contribution in [0.5, 0.6) is 0 Å². The van der Waals surface area contributed by atoms with Crippen LogP contribution in [0.25, 0.3) is 0 Å². The zero-order valence-electron chi connectivity index (χ0n) is 15.6. The predicted molar refractivity (Wildman–Crippen MR) is 94.8 cm³/mol. The van der Waals surface area contributed by atoms with Crippen molar-refractivity contribution in [2.75, 3.05) is 6.61 Å². The number of ether oxygens (including phenoxy) is 2. The first-order chi connectivity index (χ1) is 11.3. The van der Waals surface area contributed by atoms with Crippen LogP contribution >= 0.6 is 0 Å². The lowest BCUT2D eigenvalue weighted by Crippen LogP contribution is -2.38. The van der Waals surface area contributed by atoms with Crippen molar-refractivity contribution in [2.24, 2.45) is 17.3 Å². The SMILES string of the molecule is C=C(CCC12CCCC(C3CCCC4(CO)OC34)C1O2)C(C)(C)C. The lowest BCUT2D eigenvalue weighted by atomic mass is 9.67. The third-order valence-electron chi connectivity index (χ3n) is 7.43. The van der Waals surface area contributed by atoms with Crippen LogP contribution in [-0.2, 0) is 9.47 Å². The third kappa shape index (κ3) is 2.68. The molecule has 2 aliphatic heterocycles. The maximum Gasteiger partial charge on any atom is 0.118 e. The Labute approximate surface area is 146 Å². The Balaban J connectivity index is 1.39. The van der Waals surface area contributed by atoms with Gasteiger partial charge in [-0.1, -0.05) is 39.3 Å². The second kappa shape index (κ2) is 5.56. The van der Waals surface area contributed by atoms with E-state index in [1.807, 2.05) is 0 Å². The lowest BCUT2D eigenvalue weighted by molar-refractivity contribution is 0.156. The second-order valence-electron chi connectivity index (χ2n) is 9.83. The molecule has 1 N–H and O–H groups in total. The van der Waals surface area contributed by atoms with Crippen molar-refractivity contribution in [3.8, 4) is 0 Å². The third-order valence-corrected chi connectivity index (χ3v) is 7.43. The average Bonchev–Trinajstić information content (AvgIpc) is 3.43. The highest BCUT2D eigenvalue weighted by atomic mass is 16.6. The van der Waals surface area contributed by atoms with Crippen LogP contribution in [0, 0.1) is 17.3 Å². The van der Waals surface area contributed by atoms with Gasteiger partial charge in [0.1, 0.15) is 5.60 Å². The predicted octanol–water partition coefficient (Wildman–Crippen LogP) is 4.24. The summed E-state index contributed by atoms with van der Waals surface area (Å²) in [6.07, 6.45) is 10.2. The Morgan fingerprint density at radius 1 is 1.04 bits per heavy atom. The fraction of sp³-hybridized carbons (Fsp3) is 0.905. The van der Waals surface area contributed by atoms with Gasteiger partial charge in [0.15, 0.2) is 0 Å². The molecule has 4 fully saturated rings. The molecular weight excluding hydrogens is 300 g/mol. The van der Waals surface area contributed by atoms with E-state index in [2.05, 4.69) is 27.4 Å². The van der Waals surface area contributed by atoms with Crippen LogP contribution in [0.15, 0.2) is 12.2 Å². The Kier molecular flexibility index (Phi) is 3.95. The van der Waals surface area contributed by atoms with E-state index in [1.165, 1.54) is 37.7 Å². The summed E-state index contributed by atoms with van der Waals surface area (Å²) in [4.78, 5) is 0. The van der Waals surface area contributed by atoms with Crippen molar-refractivity contribution < 1.29 is 14.6 Å². The summed E-state index contributed by atoms with van der Waals surface area (Å²) >= 11 is 0. The molecule has 4 rings (SSSR count). The maximum atomic E-state index is 9.69. The van der Waals surface area contributed by atoms with Gasteiger partial charge in [0, 0.05) is 0 Å². The molecule has 0 spiro atoms. The monoisotopic (exact) mass is 334 g/mol. The summed E-state index contributed by atoms with van der Waals surface area (Å²) in [5.41, 5.74) is 1.49. The minimum Gasteiger partial charge on any atom is -0.393 e. The maximum absolute atomic E-state index is 9.69. The highest BCUT2D eigenvalue weighted by Gasteiger charge is 2.68. The molecule has 6 unspecified atom stereocenters. The van der Waals surface area contributed by atoms with Crippen molar-refractivity contribution in [3.05, 3.63) is 12.2 Å². The molecule has 3 heteroatoms. The Morgan fingerprint density at radius 3 is 2.17 bits per heavy atom. The first-order valence-electron chi connectivity index (χ1n) is 9.96. The van der Waals surface area contributed by atoms with Crippen molar-refractivity contribution in [1.29, 1.82) is 0 Å². The summed E-state index contributed by atoms with van der Waals surface area (Å²) in [7, 11) is 0. The Hall–Kier alpha value is -0.380. The molecule has 0 aromatic carbocycles. The Bertz CT molecular complexity index is 522. The standard InChI is InChI=1S/C21H34O3/c1-14(19(2,3)4)9-12-20-10-5-7-15(17(20)23-20)16-8-6-11-21(13-22)18(16)24-21/h15-18,22H,1,5-13H2,2-4H3. The van der Waals surface area contributed by atoms with E-state index in [0.29, 0.717) is 24.0 Å². The molecule has 2 heterocycles. The van der Waals surface area contributed by atoms with Crippen LogP contribution in [-0.4, -0.2) is 35.1 Å². The molecule has 0 aromatic rings. The van der Waals surface area contributed by atoms with Gasteiger partial charge in [0.2, 0.25) is 0 Å². The first-order valence-corrected chi connectivity index (χ1v) is 9.96. The fourth-order valence-corrected chi connectivity index (χ4v) is 5.52. The zero-order chi connectivity index (χ0) is 17.2. The molecule has 3 nitrogen and oxygen atoms in total. The molecule has 0 amide bonds. The number of allylic oxidation sites excluding steroid dienone is 1. The minimum atomic E-state index is -0.182. The topological polar surface area (TPSA) is 45.3 Å². The highest BCUT2D eigenvalue weighted by Crippen LogP contribution is 2.61. The van der Waals surface area contributed by atoms with Gasteiger partial charge in [0.05, 0.1) is 24.4 Å². The minimum absolute atomic E-state index is 0.130. The quantitative estimate of drug-likeness (QED) is 0.604. The van der Waals surface area contributed by atoms with Gasteiger partial charge >= 0.3 is 0 Å². The fourth-order valence-electron chi connectivity index (χ4n) is 5.52. The molecule has 2 aliphatic carbocycles. The van der Waals surface area contributed by atoms with Crippen LogP contribution in [0.2, 0.25) is 0 Å². The molecule has 4 aliphatic rings. The molecule has 6 atom stereocenters. The molecule has 2 saturated heterocycles. The van der Waals surface area contributed by atoms with Gasteiger partial charge < -0.3 is 14.6 Å². The summed E-state index contributed by atoms with van der Waals surface area (Å²) in [6.45, 7) is 11.3. The summed E-state index contributed by atoms with van der Waals surface area (Å²) in [6, 6.07) is 0. The zero-order valence-corrected chi connectivity index (χ0v) is 15.6. The van der Waals surface area contributed by atoms with Crippen LogP contribution in [0.3, 0.4) is 0 Å². The van der Waals surface area contributed by atoms with Crippen molar-refractivity contribution >= 4 is 0 Å². The van der Waals surface area contributed by atoms with E-state index in [0.717, 1.165) is 19.3 Å². The average molecular weight is 335 g/mol. The van der Waals surface area contributed by atoms with Crippen molar-refractivity contribution in [2.45, 2.75) is 95.5 Å². The molecule has 0 bridgehead atoms. The van der Waals surface area contributed by atoms with E-state index < -0.39 is 0 Å². The Morgan fingerprint density at radius 2 is 1.58 bits per heavy atom. The number of hydrogen-bond donors (Lipinski definition) is 1. The number of aliphatic hydroxyl groups excluding tert-OH is 1. The van der Waals surface area contributed by atoms with E-state index in [4.69, 9.17) is 9.47 Å². The van der Waals surface area contributed by atoms with Crippen LogP contribution < -0.4 is 0 Å². The first kappa shape index (κ1) is 17.1. The normalized spacial score (nSPS) is 46.8. The van der Waals surface area contributed by atoms with Gasteiger partial charge in [0.25, 0.3) is 0 Å². The number of epoxide rings is 2. The molecule has 0 radical (unpaired) electrons. The highest BCUT2D eigenvalue weighted by molar-refractivity contribution is 5.17. The van der Waals surface area contributed by atoms with Crippen LogP contribution in [0.1, 0.15) is 72.1 Å². The number of aliphatic hydroxyl groups is 1. The molecule has 0 aromatic heterocycles. The number of hydrogen-bond acceptors (Lipinski definition) is 3. The van der Waals surface area contributed by atoms with Crippen LogP contribution in [0.4, 0.5) is 0 Å². The molecule has 24 heavy (non-hydrogen) atoms. The number of fused-ring (bicyclic) bond motifs is 2. The van der Waals surface area contributed by atoms with Crippen molar-refractivity contribution in [3.63, 3.8) is 0 Å². The lowest BCUT2D eigenvalue weighted by Gasteiger charge is -2.33. The molecular formula is C21H34O3. The van der Waals surface area contributed by atoms with Gasteiger partial charge in [-0.15, -0.1) is 0 Å². The van der Waals surface area contributed by atoms with Gasteiger partial charge in [-0.05, 0) is 62.2 Å². The summed E-state index contributed by atoms with van der Waals surface area (Å²) in [5.74, 6) is 1.24. The van der Waals surface area contributed by atoms with E-state index in [9.17, 15) is 5.11 Å². The largest absolute Gasteiger partial charge is 0.393 e. The van der Waals surface area contributed by atoms with Gasteiger partial charge in [-0.2, -0.15) is 0 Å². The van der Waals surface area contributed by atoms with E-state index >= 15 is 0 Å². The summed E-state index contributed by atoms with van der Waals surface area (Å²) < 4.78 is 12.4. The van der Waals surface area contributed by atoms with E-state index in [1.54, 1.807) is 0 Å². The van der Waals surface area contributed by atoms with Crippen molar-refractivity contribution in [1.82, 2.24) is 0 Å². The number of rotatable bonds is 5. The summed E-state index contributed by atoms with van der Waals surface area (Å²) in [5, 5.41) is 9.69. The second-order valence-corrected chi connectivity index (χ2v) is 9.83. The molecule has 136 valence electrons. The molecule has 2 saturated carbocycles. The smallest absolute Gasteiger partial charge is 0.118 e.